The highest BCUT2D eigenvalue weighted by atomic mass is 32.2. The van der Waals surface area contributed by atoms with E-state index in [-0.39, 0.29) is 18.3 Å². The van der Waals surface area contributed by atoms with Gasteiger partial charge in [0.1, 0.15) is 10.6 Å². The number of thioether (sulfide) groups is 1. The Bertz CT molecular complexity index is 1490. The molecule has 0 atom stereocenters. The summed E-state index contributed by atoms with van der Waals surface area (Å²) in [7, 11) is 0. The smallest absolute Gasteiger partial charge is 0.341 e. The number of thiophene rings is 1. The Morgan fingerprint density at radius 3 is 2.65 bits per heavy atom. The highest BCUT2D eigenvalue weighted by Gasteiger charge is 2.23. The summed E-state index contributed by atoms with van der Waals surface area (Å²) in [6.45, 7) is 2.01. The van der Waals surface area contributed by atoms with E-state index >= 15 is 0 Å². The number of rotatable bonds is 7. The number of carbonyl (C=O) groups excluding carboxylic acids is 2. The number of anilines is 1. The van der Waals surface area contributed by atoms with E-state index in [4.69, 9.17) is 4.74 Å². The molecule has 0 aliphatic heterocycles. The van der Waals surface area contributed by atoms with E-state index in [2.05, 4.69) is 15.5 Å². The van der Waals surface area contributed by atoms with Crippen LogP contribution in [0.15, 0.2) is 77.3 Å². The molecule has 0 unspecified atom stereocenters. The Morgan fingerprint density at radius 1 is 1.03 bits per heavy atom. The van der Waals surface area contributed by atoms with Gasteiger partial charge in [0, 0.05) is 10.9 Å². The van der Waals surface area contributed by atoms with Gasteiger partial charge in [0.2, 0.25) is 5.91 Å². The number of hydrogen-bond acceptors (Lipinski definition) is 7. The van der Waals surface area contributed by atoms with Crippen LogP contribution in [0.25, 0.3) is 27.7 Å². The summed E-state index contributed by atoms with van der Waals surface area (Å²) in [6.07, 6.45) is 0. The molecule has 2 aromatic carbocycles. The minimum atomic E-state index is -0.458. The first kappa shape index (κ1) is 22.1. The van der Waals surface area contributed by atoms with Gasteiger partial charge in [0.15, 0.2) is 10.8 Å². The Morgan fingerprint density at radius 2 is 1.82 bits per heavy atom. The summed E-state index contributed by atoms with van der Waals surface area (Å²) in [4.78, 5) is 25.6. The molecule has 3 heterocycles. The zero-order chi connectivity index (χ0) is 23.5. The molecule has 0 bridgehead atoms. The standard InChI is InChI=1S/C25H20N4O3S2/c1-2-32-24(31)22-18(16-8-4-3-5-9-16)14-33-23(22)26-21(30)15-34-25-28-27-20-13-12-17-10-6-7-11-19(17)29(20)25/h3-14H,2,15H2,1H3,(H,26,30). The van der Waals surface area contributed by atoms with Gasteiger partial charge in [-0.05, 0) is 36.1 Å². The van der Waals surface area contributed by atoms with Crippen molar-refractivity contribution in [2.75, 3.05) is 17.7 Å². The molecule has 0 aliphatic carbocycles. The number of para-hydroxylation sites is 1. The van der Waals surface area contributed by atoms with Gasteiger partial charge in [-0.25, -0.2) is 4.79 Å². The van der Waals surface area contributed by atoms with Crippen molar-refractivity contribution < 1.29 is 14.3 Å². The topological polar surface area (TPSA) is 85.6 Å². The second-order valence-corrected chi connectivity index (χ2v) is 9.17. The predicted octanol–water partition coefficient (Wildman–Crippen LogP) is 5.52. The van der Waals surface area contributed by atoms with Crippen molar-refractivity contribution in [1.82, 2.24) is 14.6 Å². The summed E-state index contributed by atoms with van der Waals surface area (Å²) in [5, 5.41) is 15.4. The average molecular weight is 489 g/mol. The molecule has 170 valence electrons. The largest absolute Gasteiger partial charge is 0.462 e. The molecule has 0 aliphatic rings. The first-order chi connectivity index (χ1) is 16.7. The molecule has 9 heteroatoms. The minimum Gasteiger partial charge on any atom is -0.462 e. The highest BCUT2D eigenvalue weighted by Crippen LogP contribution is 2.36. The summed E-state index contributed by atoms with van der Waals surface area (Å²) in [6, 6.07) is 21.4. The van der Waals surface area contributed by atoms with Crippen molar-refractivity contribution in [2.24, 2.45) is 0 Å². The molecular formula is C25H20N4O3S2. The van der Waals surface area contributed by atoms with Gasteiger partial charge in [0.05, 0.1) is 17.9 Å². The van der Waals surface area contributed by atoms with Crippen LogP contribution in [-0.2, 0) is 9.53 Å². The summed E-state index contributed by atoms with van der Waals surface area (Å²) < 4.78 is 7.21. The number of esters is 1. The molecule has 34 heavy (non-hydrogen) atoms. The molecule has 0 fully saturated rings. The average Bonchev–Trinajstić information content (AvgIpc) is 3.48. The number of pyridine rings is 1. The normalized spacial score (nSPS) is 11.1. The lowest BCUT2D eigenvalue weighted by Crippen LogP contribution is -2.16. The number of nitrogens with one attached hydrogen (secondary N) is 1. The van der Waals surface area contributed by atoms with Crippen LogP contribution in [0.5, 0.6) is 0 Å². The van der Waals surface area contributed by atoms with Crippen molar-refractivity contribution in [3.05, 3.63) is 77.7 Å². The van der Waals surface area contributed by atoms with Gasteiger partial charge in [0.25, 0.3) is 0 Å². The van der Waals surface area contributed by atoms with Crippen LogP contribution in [0.2, 0.25) is 0 Å². The molecule has 1 N–H and O–H groups in total. The van der Waals surface area contributed by atoms with Crippen molar-refractivity contribution in [2.45, 2.75) is 12.1 Å². The predicted molar refractivity (Wildman–Crippen MR) is 136 cm³/mol. The third kappa shape index (κ3) is 4.27. The van der Waals surface area contributed by atoms with Gasteiger partial charge in [-0.3, -0.25) is 9.20 Å². The molecule has 3 aromatic heterocycles. The Balaban J connectivity index is 1.38. The second-order valence-electron chi connectivity index (χ2n) is 7.35. The van der Waals surface area contributed by atoms with E-state index < -0.39 is 5.97 Å². The summed E-state index contributed by atoms with van der Waals surface area (Å²) >= 11 is 2.60. The molecule has 5 rings (SSSR count). The van der Waals surface area contributed by atoms with Crippen LogP contribution in [-0.4, -0.2) is 38.8 Å². The minimum absolute atomic E-state index is 0.116. The van der Waals surface area contributed by atoms with E-state index in [1.54, 1.807) is 6.92 Å². The van der Waals surface area contributed by atoms with Crippen molar-refractivity contribution in [3.63, 3.8) is 0 Å². The summed E-state index contributed by atoms with van der Waals surface area (Å²) in [5.41, 5.74) is 3.69. The monoisotopic (exact) mass is 488 g/mol. The van der Waals surface area contributed by atoms with Gasteiger partial charge < -0.3 is 10.1 Å². The Labute approximate surface area is 203 Å². The maximum atomic E-state index is 12.9. The van der Waals surface area contributed by atoms with Crippen LogP contribution < -0.4 is 5.32 Å². The summed E-state index contributed by atoms with van der Waals surface area (Å²) in [5.74, 6) is -0.584. The second kappa shape index (κ2) is 9.66. The third-order valence-corrected chi connectivity index (χ3v) is 7.01. The van der Waals surface area contributed by atoms with E-state index in [0.717, 1.165) is 27.7 Å². The van der Waals surface area contributed by atoms with Crippen LogP contribution >= 0.6 is 23.1 Å². The number of nitrogens with zero attached hydrogens (tertiary/aromatic N) is 3. The number of fused-ring (bicyclic) bond motifs is 3. The van der Waals surface area contributed by atoms with E-state index in [0.29, 0.717) is 15.7 Å². The molecule has 0 radical (unpaired) electrons. The van der Waals surface area contributed by atoms with Crippen LogP contribution in [0.1, 0.15) is 17.3 Å². The van der Waals surface area contributed by atoms with Gasteiger partial charge in [-0.15, -0.1) is 21.5 Å². The van der Waals surface area contributed by atoms with Gasteiger partial charge in [-0.1, -0.05) is 60.3 Å². The number of ether oxygens (including phenoxy) is 1. The zero-order valence-electron chi connectivity index (χ0n) is 18.2. The lowest BCUT2D eigenvalue weighted by molar-refractivity contribution is -0.113. The molecule has 0 saturated carbocycles. The maximum Gasteiger partial charge on any atom is 0.341 e. The SMILES string of the molecule is CCOC(=O)c1c(-c2ccccc2)csc1NC(=O)CSc1nnc2ccc3ccccc3n12. The Hall–Kier alpha value is -3.69. The van der Waals surface area contributed by atoms with E-state index in [1.807, 2.05) is 76.5 Å². The maximum absolute atomic E-state index is 12.9. The van der Waals surface area contributed by atoms with Crippen molar-refractivity contribution >= 4 is 56.5 Å². The fourth-order valence-corrected chi connectivity index (χ4v) is 5.41. The molecule has 0 spiro atoms. The zero-order valence-corrected chi connectivity index (χ0v) is 19.9. The third-order valence-electron chi connectivity index (χ3n) is 5.19. The molecule has 5 aromatic rings. The number of aromatic nitrogens is 3. The van der Waals surface area contributed by atoms with Gasteiger partial charge >= 0.3 is 5.97 Å². The van der Waals surface area contributed by atoms with Crippen molar-refractivity contribution in [3.8, 4) is 11.1 Å². The molecule has 7 nitrogen and oxygen atoms in total. The fraction of sp³-hybridized carbons (Fsp3) is 0.120. The van der Waals surface area contributed by atoms with Gasteiger partial charge in [-0.2, -0.15) is 0 Å². The van der Waals surface area contributed by atoms with Crippen LogP contribution in [0, 0.1) is 0 Å². The quantitative estimate of drug-likeness (QED) is 0.240. The van der Waals surface area contributed by atoms with Crippen LogP contribution in [0.3, 0.4) is 0 Å². The highest BCUT2D eigenvalue weighted by molar-refractivity contribution is 7.99. The first-order valence-electron chi connectivity index (χ1n) is 10.6. The molecule has 0 saturated heterocycles. The van der Waals surface area contributed by atoms with E-state index in [9.17, 15) is 9.59 Å². The van der Waals surface area contributed by atoms with E-state index in [1.165, 1.54) is 23.1 Å². The lowest BCUT2D eigenvalue weighted by Gasteiger charge is -2.09. The Kier molecular flexibility index (Phi) is 6.29. The fourth-order valence-electron chi connectivity index (χ4n) is 3.68. The van der Waals surface area contributed by atoms with Crippen LogP contribution in [0.4, 0.5) is 5.00 Å². The molecular weight excluding hydrogens is 468 g/mol. The molecule has 1 amide bonds. The first-order valence-corrected chi connectivity index (χ1v) is 12.5. The lowest BCUT2D eigenvalue weighted by atomic mass is 10.0. The number of carbonyl (C=O) groups is 2. The number of hydrogen-bond donors (Lipinski definition) is 1. The number of amides is 1. The number of benzene rings is 2. The van der Waals surface area contributed by atoms with Crippen molar-refractivity contribution in [1.29, 1.82) is 0 Å².